The van der Waals surface area contributed by atoms with Crippen molar-refractivity contribution in [2.24, 2.45) is 5.92 Å². The first-order chi connectivity index (χ1) is 11.5. The molecule has 3 nitrogen and oxygen atoms in total. The Labute approximate surface area is 147 Å². The first kappa shape index (κ1) is 17.8. The quantitative estimate of drug-likeness (QED) is 0.886. The van der Waals surface area contributed by atoms with Crippen LogP contribution in [0.4, 0.5) is 0 Å². The fourth-order valence-corrected chi connectivity index (χ4v) is 4.28. The molecule has 1 heterocycles. The second-order valence-electron chi connectivity index (χ2n) is 8.41. The third-order valence-corrected chi connectivity index (χ3v) is 5.29. The lowest BCUT2D eigenvalue weighted by Gasteiger charge is -2.41. The number of hydrogen-bond acceptors (Lipinski definition) is 3. The van der Waals surface area contributed by atoms with Gasteiger partial charge < -0.3 is 10.1 Å². The molecule has 1 saturated heterocycles. The third kappa shape index (κ3) is 4.73. The molecule has 1 aromatic carbocycles. The highest BCUT2D eigenvalue weighted by Gasteiger charge is 2.30. The van der Waals surface area contributed by atoms with Crippen molar-refractivity contribution in [3.05, 3.63) is 29.8 Å². The normalized spacial score (nSPS) is 22.3. The summed E-state index contributed by atoms with van der Waals surface area (Å²) >= 11 is 0. The molecular weight excluding hydrogens is 296 g/mol. The molecule has 0 amide bonds. The van der Waals surface area contributed by atoms with Gasteiger partial charge in [0.25, 0.3) is 0 Å². The Balaban J connectivity index is 1.78. The van der Waals surface area contributed by atoms with Gasteiger partial charge in [-0.1, -0.05) is 31.4 Å². The van der Waals surface area contributed by atoms with E-state index in [4.69, 9.17) is 4.74 Å². The second-order valence-corrected chi connectivity index (χ2v) is 8.41. The van der Waals surface area contributed by atoms with Crippen molar-refractivity contribution in [1.29, 1.82) is 0 Å². The fraction of sp³-hybridized carbons (Fsp3) is 0.714. The van der Waals surface area contributed by atoms with Crippen molar-refractivity contribution in [2.75, 3.05) is 26.2 Å². The average molecular weight is 331 g/mol. The van der Waals surface area contributed by atoms with Crippen LogP contribution >= 0.6 is 0 Å². The van der Waals surface area contributed by atoms with Crippen molar-refractivity contribution in [2.45, 2.75) is 64.5 Å². The molecule has 0 radical (unpaired) electrons. The van der Waals surface area contributed by atoms with Crippen LogP contribution in [-0.4, -0.2) is 36.7 Å². The van der Waals surface area contributed by atoms with E-state index in [0.717, 1.165) is 24.8 Å². The van der Waals surface area contributed by atoms with Gasteiger partial charge in [-0.3, -0.25) is 4.90 Å². The Kier molecular flexibility index (Phi) is 5.83. The molecule has 1 aliphatic carbocycles. The maximum Gasteiger partial charge on any atom is 0.120 e. The summed E-state index contributed by atoms with van der Waals surface area (Å²) in [5.41, 5.74) is 1.34. The van der Waals surface area contributed by atoms with Crippen LogP contribution in [0.15, 0.2) is 24.3 Å². The van der Waals surface area contributed by atoms with Gasteiger partial charge in [-0.25, -0.2) is 0 Å². The molecule has 134 valence electrons. The molecule has 1 aliphatic heterocycles. The van der Waals surface area contributed by atoms with E-state index in [1.807, 2.05) is 0 Å². The van der Waals surface area contributed by atoms with Gasteiger partial charge in [-0.2, -0.15) is 0 Å². The summed E-state index contributed by atoms with van der Waals surface area (Å²) in [5.74, 6) is 1.79. The molecule has 1 atom stereocenters. The van der Waals surface area contributed by atoms with Gasteiger partial charge in [-0.05, 0) is 57.2 Å². The lowest BCUT2D eigenvalue weighted by Crippen LogP contribution is -2.47. The van der Waals surface area contributed by atoms with Gasteiger partial charge >= 0.3 is 0 Å². The van der Waals surface area contributed by atoms with Crippen LogP contribution < -0.4 is 10.1 Å². The molecule has 2 fully saturated rings. The lowest BCUT2D eigenvalue weighted by molar-refractivity contribution is 0.103. The Bertz CT molecular complexity index is 476. The minimum absolute atomic E-state index is 0.136. The second kappa shape index (κ2) is 7.88. The molecule has 0 aromatic heterocycles. The Morgan fingerprint density at radius 1 is 1.00 bits per heavy atom. The van der Waals surface area contributed by atoms with Crippen LogP contribution in [0.5, 0.6) is 5.75 Å². The molecule has 2 aliphatic rings. The van der Waals surface area contributed by atoms with E-state index in [1.54, 1.807) is 0 Å². The minimum atomic E-state index is -0.136. The molecule has 0 unspecified atom stereocenters. The first-order valence-corrected chi connectivity index (χ1v) is 9.77. The Morgan fingerprint density at radius 2 is 1.62 bits per heavy atom. The SMILES string of the molecule is CC(C)(C)Oc1ccc([C@H](C2CCCCC2)N2CCNCC2)cc1. The highest BCUT2D eigenvalue weighted by molar-refractivity contribution is 5.30. The molecule has 3 heteroatoms. The molecule has 3 rings (SSSR count). The molecule has 1 saturated carbocycles. The van der Waals surface area contributed by atoms with Gasteiger partial charge in [0.05, 0.1) is 0 Å². The van der Waals surface area contributed by atoms with Crippen LogP contribution in [0.3, 0.4) is 0 Å². The first-order valence-electron chi connectivity index (χ1n) is 9.77. The molecule has 0 bridgehead atoms. The maximum atomic E-state index is 6.00. The highest BCUT2D eigenvalue weighted by atomic mass is 16.5. The molecule has 1 N–H and O–H groups in total. The standard InChI is InChI=1S/C21H34N2O/c1-21(2,3)24-19-11-9-18(10-12-19)20(17-7-5-4-6-8-17)23-15-13-22-14-16-23/h9-12,17,20,22H,4-8,13-16H2,1-3H3/t20-/m0/s1. The van der Waals surface area contributed by atoms with Gasteiger partial charge in [0.1, 0.15) is 11.4 Å². The zero-order valence-electron chi connectivity index (χ0n) is 15.7. The van der Waals surface area contributed by atoms with E-state index in [0.29, 0.717) is 6.04 Å². The van der Waals surface area contributed by atoms with E-state index in [2.05, 4.69) is 55.3 Å². The van der Waals surface area contributed by atoms with E-state index < -0.39 is 0 Å². The summed E-state index contributed by atoms with van der Waals surface area (Å²) in [4.78, 5) is 2.71. The number of nitrogens with one attached hydrogen (secondary N) is 1. The van der Waals surface area contributed by atoms with Gasteiger partial charge in [-0.15, -0.1) is 0 Å². The number of rotatable bonds is 4. The van der Waals surface area contributed by atoms with Crippen molar-refractivity contribution in [3.63, 3.8) is 0 Å². The Hall–Kier alpha value is -1.06. The predicted octanol–water partition coefficient (Wildman–Crippen LogP) is 4.39. The van der Waals surface area contributed by atoms with Gasteiger partial charge in [0.2, 0.25) is 0 Å². The summed E-state index contributed by atoms with van der Waals surface area (Å²) in [7, 11) is 0. The number of ether oxygens (including phenoxy) is 1. The smallest absolute Gasteiger partial charge is 0.120 e. The summed E-state index contributed by atoms with van der Waals surface area (Å²) in [6.07, 6.45) is 6.99. The summed E-state index contributed by atoms with van der Waals surface area (Å²) < 4.78 is 6.00. The van der Waals surface area contributed by atoms with Crippen molar-refractivity contribution in [3.8, 4) is 5.75 Å². The number of hydrogen-bond donors (Lipinski definition) is 1. The predicted molar refractivity (Wildman–Crippen MR) is 101 cm³/mol. The van der Waals surface area contributed by atoms with Crippen LogP contribution in [0.1, 0.15) is 64.5 Å². The van der Waals surface area contributed by atoms with Crippen LogP contribution in [0.2, 0.25) is 0 Å². The van der Waals surface area contributed by atoms with Crippen molar-refractivity contribution < 1.29 is 4.74 Å². The van der Waals surface area contributed by atoms with Gasteiger partial charge in [0.15, 0.2) is 0 Å². The lowest BCUT2D eigenvalue weighted by atomic mass is 9.80. The van der Waals surface area contributed by atoms with Gasteiger partial charge in [0, 0.05) is 32.2 Å². The zero-order chi connectivity index (χ0) is 17.0. The van der Waals surface area contributed by atoms with E-state index in [9.17, 15) is 0 Å². The van der Waals surface area contributed by atoms with E-state index in [-0.39, 0.29) is 5.60 Å². The highest BCUT2D eigenvalue weighted by Crippen LogP contribution is 2.39. The van der Waals surface area contributed by atoms with Crippen LogP contribution in [0.25, 0.3) is 0 Å². The number of nitrogens with zero attached hydrogens (tertiary/aromatic N) is 1. The zero-order valence-corrected chi connectivity index (χ0v) is 15.7. The van der Waals surface area contributed by atoms with E-state index in [1.165, 1.54) is 50.8 Å². The number of benzene rings is 1. The van der Waals surface area contributed by atoms with Crippen LogP contribution in [0, 0.1) is 5.92 Å². The molecule has 1 aromatic rings. The molecule has 0 spiro atoms. The maximum absolute atomic E-state index is 6.00. The summed E-state index contributed by atoms with van der Waals surface area (Å²) in [6.45, 7) is 10.9. The largest absolute Gasteiger partial charge is 0.488 e. The molecule has 24 heavy (non-hydrogen) atoms. The average Bonchev–Trinajstić information content (AvgIpc) is 2.57. The topological polar surface area (TPSA) is 24.5 Å². The minimum Gasteiger partial charge on any atom is -0.488 e. The number of piperazine rings is 1. The van der Waals surface area contributed by atoms with Crippen molar-refractivity contribution in [1.82, 2.24) is 10.2 Å². The summed E-state index contributed by atoms with van der Waals surface area (Å²) in [6, 6.07) is 9.53. The Morgan fingerprint density at radius 3 is 2.21 bits per heavy atom. The monoisotopic (exact) mass is 330 g/mol. The fourth-order valence-electron chi connectivity index (χ4n) is 4.28. The molecular formula is C21H34N2O. The van der Waals surface area contributed by atoms with Crippen LogP contribution in [-0.2, 0) is 0 Å². The van der Waals surface area contributed by atoms with E-state index >= 15 is 0 Å². The van der Waals surface area contributed by atoms with Crippen molar-refractivity contribution >= 4 is 0 Å². The summed E-state index contributed by atoms with van der Waals surface area (Å²) in [5, 5.41) is 3.50. The third-order valence-electron chi connectivity index (χ3n) is 5.29.